The summed E-state index contributed by atoms with van der Waals surface area (Å²) in [5.41, 5.74) is 5.35. The van der Waals surface area contributed by atoms with Gasteiger partial charge in [-0.2, -0.15) is 10.1 Å². The number of nitrogens with zero attached hydrogens (tertiary/aromatic N) is 4. The molecule has 2 aliphatic rings. The predicted molar refractivity (Wildman–Crippen MR) is 104 cm³/mol. The highest BCUT2D eigenvalue weighted by molar-refractivity contribution is 6.32. The third kappa shape index (κ3) is 5.00. The number of ether oxygens (including phenoxy) is 2. The first kappa shape index (κ1) is 20.1. The molecule has 2 amide bonds. The van der Waals surface area contributed by atoms with Crippen LogP contribution in [0.3, 0.4) is 0 Å². The van der Waals surface area contributed by atoms with Gasteiger partial charge >= 0.3 is 6.03 Å². The lowest BCUT2D eigenvalue weighted by molar-refractivity contribution is 0.0718. The molecule has 0 saturated carbocycles. The molecule has 3 atom stereocenters. The molecule has 0 spiro atoms. The molecule has 2 fully saturated rings. The van der Waals surface area contributed by atoms with Crippen molar-refractivity contribution in [3.63, 3.8) is 0 Å². The summed E-state index contributed by atoms with van der Waals surface area (Å²) >= 11 is 6.21. The number of carbonyl (C=O) groups excluding carboxylic acids is 1. The van der Waals surface area contributed by atoms with Gasteiger partial charge in [-0.25, -0.2) is 9.78 Å². The first-order chi connectivity index (χ1) is 13.5. The van der Waals surface area contributed by atoms with Gasteiger partial charge in [0.15, 0.2) is 5.82 Å². The minimum atomic E-state index is -0.495. The van der Waals surface area contributed by atoms with Gasteiger partial charge in [0.05, 0.1) is 36.8 Å². The minimum absolute atomic E-state index is 0.0427. The highest BCUT2D eigenvalue weighted by Crippen LogP contribution is 2.30. The van der Waals surface area contributed by atoms with Crippen LogP contribution >= 0.6 is 11.6 Å². The summed E-state index contributed by atoms with van der Waals surface area (Å²) in [5.74, 6) is 1.02. The van der Waals surface area contributed by atoms with Crippen molar-refractivity contribution in [2.45, 2.75) is 24.7 Å². The lowest BCUT2D eigenvalue weighted by Gasteiger charge is -2.19. The Morgan fingerprint density at radius 3 is 2.86 bits per heavy atom. The van der Waals surface area contributed by atoms with Crippen molar-refractivity contribution in [2.24, 2.45) is 12.8 Å². The van der Waals surface area contributed by atoms with Crippen LogP contribution in [0.15, 0.2) is 18.6 Å². The molecule has 12 heteroatoms. The number of rotatable bonds is 4. The van der Waals surface area contributed by atoms with E-state index in [-0.39, 0.29) is 18.2 Å². The maximum Gasteiger partial charge on any atom is 0.311 e. The molecule has 2 aliphatic heterocycles. The smallest absolute Gasteiger partial charge is 0.311 e. The summed E-state index contributed by atoms with van der Waals surface area (Å²) < 4.78 is 13.2. The zero-order valence-corrected chi connectivity index (χ0v) is 16.3. The van der Waals surface area contributed by atoms with Crippen LogP contribution in [0.25, 0.3) is 0 Å². The number of nitrogens with one attached hydrogen (secondary N) is 3. The molecule has 5 N–H and O–H groups in total. The Labute approximate surface area is 166 Å². The SMILES string of the molecule is CNC(N)=O.Cn1cc(Nc2ncc(Cl)c(NC3COC4CCOC34)n2)cn1. The number of fused-ring (bicyclic) bond motifs is 1. The molecular weight excluding hydrogens is 388 g/mol. The number of anilines is 3. The molecule has 4 heterocycles. The van der Waals surface area contributed by atoms with Crippen molar-refractivity contribution >= 4 is 35.1 Å². The van der Waals surface area contributed by atoms with Crippen LogP contribution in [0.5, 0.6) is 0 Å². The zero-order valence-electron chi connectivity index (χ0n) is 15.6. The fourth-order valence-corrected chi connectivity index (χ4v) is 3.06. The molecular formula is C16H23ClN8O3. The van der Waals surface area contributed by atoms with Gasteiger partial charge in [-0.15, -0.1) is 0 Å². The third-order valence-corrected chi connectivity index (χ3v) is 4.52. The van der Waals surface area contributed by atoms with Gasteiger partial charge in [0.1, 0.15) is 11.1 Å². The molecule has 0 aromatic carbocycles. The Morgan fingerprint density at radius 2 is 2.18 bits per heavy atom. The Morgan fingerprint density at radius 1 is 1.39 bits per heavy atom. The van der Waals surface area contributed by atoms with Crippen LogP contribution in [0.2, 0.25) is 5.02 Å². The van der Waals surface area contributed by atoms with Gasteiger partial charge in [-0.1, -0.05) is 11.6 Å². The number of aromatic nitrogens is 4. The molecule has 2 aromatic rings. The fraction of sp³-hybridized carbons (Fsp3) is 0.500. The number of amides is 2. The van der Waals surface area contributed by atoms with E-state index in [2.05, 4.69) is 36.8 Å². The highest BCUT2D eigenvalue weighted by atomic mass is 35.5. The Bertz CT molecular complexity index is 817. The van der Waals surface area contributed by atoms with Crippen molar-refractivity contribution in [1.82, 2.24) is 25.1 Å². The molecule has 2 saturated heterocycles. The number of carbonyl (C=O) groups is 1. The van der Waals surface area contributed by atoms with Gasteiger partial charge in [-0.3, -0.25) is 4.68 Å². The van der Waals surface area contributed by atoms with E-state index >= 15 is 0 Å². The number of nitrogens with two attached hydrogens (primary N) is 1. The standard InChI is InChI=1S/C14H17ClN6O2.C2H6N2O/c1-21-6-8(4-17-21)18-14-16-5-9(15)13(20-14)19-10-7-23-11-2-3-22-12(10)11;1-4-2(3)5/h4-6,10-12H,2-3,7H2,1H3,(H2,16,18,19,20);1H3,(H3,3,4,5). The molecule has 28 heavy (non-hydrogen) atoms. The van der Waals surface area contributed by atoms with Crippen molar-refractivity contribution < 1.29 is 14.3 Å². The number of aryl methyl sites for hydroxylation is 1. The molecule has 152 valence electrons. The summed E-state index contributed by atoms with van der Waals surface area (Å²) in [7, 11) is 3.32. The summed E-state index contributed by atoms with van der Waals surface area (Å²) in [5, 5.41) is 13.1. The molecule has 2 aromatic heterocycles. The van der Waals surface area contributed by atoms with Gasteiger partial charge in [0.25, 0.3) is 0 Å². The monoisotopic (exact) mass is 410 g/mol. The summed E-state index contributed by atoms with van der Waals surface area (Å²) in [4.78, 5) is 18.1. The lowest BCUT2D eigenvalue weighted by Crippen LogP contribution is -2.34. The average molecular weight is 411 g/mol. The van der Waals surface area contributed by atoms with E-state index < -0.39 is 6.03 Å². The maximum atomic E-state index is 9.48. The first-order valence-electron chi connectivity index (χ1n) is 8.71. The van der Waals surface area contributed by atoms with Crippen LogP contribution in [0.4, 0.5) is 22.2 Å². The normalized spacial score (nSPS) is 22.8. The molecule has 11 nitrogen and oxygen atoms in total. The minimum Gasteiger partial charge on any atom is -0.373 e. The molecule has 0 aliphatic carbocycles. The second-order valence-corrected chi connectivity index (χ2v) is 6.69. The lowest BCUT2D eigenvalue weighted by atomic mass is 10.1. The largest absolute Gasteiger partial charge is 0.373 e. The second kappa shape index (κ2) is 9.04. The van der Waals surface area contributed by atoms with Crippen molar-refractivity contribution in [2.75, 3.05) is 30.9 Å². The van der Waals surface area contributed by atoms with Crippen LogP contribution < -0.4 is 21.7 Å². The van der Waals surface area contributed by atoms with Crippen LogP contribution in [0.1, 0.15) is 6.42 Å². The summed E-state index contributed by atoms with van der Waals surface area (Å²) in [6.07, 6.45) is 6.27. The maximum absolute atomic E-state index is 9.48. The number of hydrogen-bond acceptors (Lipinski definition) is 8. The Kier molecular flexibility index (Phi) is 6.49. The number of hydrogen-bond donors (Lipinski definition) is 4. The number of primary amides is 1. The van der Waals surface area contributed by atoms with Crippen molar-refractivity contribution in [3.05, 3.63) is 23.6 Å². The van der Waals surface area contributed by atoms with Gasteiger partial charge < -0.3 is 31.2 Å². The van der Waals surface area contributed by atoms with E-state index in [9.17, 15) is 4.79 Å². The van der Waals surface area contributed by atoms with Crippen LogP contribution in [-0.4, -0.2) is 64.3 Å². The molecule has 0 radical (unpaired) electrons. The molecule has 3 unspecified atom stereocenters. The van der Waals surface area contributed by atoms with Crippen molar-refractivity contribution in [1.29, 1.82) is 0 Å². The first-order valence-corrected chi connectivity index (χ1v) is 9.09. The fourth-order valence-electron chi connectivity index (χ4n) is 2.91. The Hall–Kier alpha value is -2.63. The summed E-state index contributed by atoms with van der Waals surface area (Å²) in [6.45, 7) is 1.32. The van der Waals surface area contributed by atoms with Gasteiger partial charge in [-0.05, 0) is 6.42 Å². The van der Waals surface area contributed by atoms with Crippen LogP contribution in [-0.2, 0) is 16.5 Å². The average Bonchev–Trinajstić information content (AvgIpc) is 3.37. The quantitative estimate of drug-likeness (QED) is 0.581. The zero-order chi connectivity index (χ0) is 20.1. The van der Waals surface area contributed by atoms with Crippen molar-refractivity contribution in [3.8, 4) is 0 Å². The van der Waals surface area contributed by atoms with E-state index in [0.29, 0.717) is 23.4 Å². The highest BCUT2D eigenvalue weighted by Gasteiger charge is 2.42. The topological polar surface area (TPSA) is 141 Å². The van der Waals surface area contributed by atoms with E-state index in [4.69, 9.17) is 21.1 Å². The van der Waals surface area contributed by atoms with Crippen LogP contribution in [0, 0.1) is 0 Å². The second-order valence-electron chi connectivity index (χ2n) is 6.28. The number of halogens is 1. The van der Waals surface area contributed by atoms with Gasteiger partial charge in [0, 0.05) is 26.9 Å². The van der Waals surface area contributed by atoms with E-state index in [1.807, 2.05) is 13.2 Å². The molecule has 4 rings (SSSR count). The number of urea groups is 1. The van der Waals surface area contributed by atoms with E-state index in [0.717, 1.165) is 18.7 Å². The third-order valence-electron chi connectivity index (χ3n) is 4.24. The van der Waals surface area contributed by atoms with Gasteiger partial charge in [0.2, 0.25) is 5.95 Å². The Balaban J connectivity index is 0.000000403. The molecule has 0 bridgehead atoms. The summed E-state index contributed by atoms with van der Waals surface area (Å²) in [6, 6.07) is -0.453. The van der Waals surface area contributed by atoms with E-state index in [1.54, 1.807) is 17.1 Å². The predicted octanol–water partition coefficient (Wildman–Crippen LogP) is 0.860. The van der Waals surface area contributed by atoms with E-state index in [1.165, 1.54) is 7.05 Å².